The third-order valence-corrected chi connectivity index (χ3v) is 3.71. The SMILES string of the molecule is CC(C)c1ccc(-c2cncc(CN)c2)c(C(C)C)c1. The van der Waals surface area contributed by atoms with E-state index in [2.05, 4.69) is 56.9 Å². The lowest BCUT2D eigenvalue weighted by Gasteiger charge is -2.17. The zero-order valence-electron chi connectivity index (χ0n) is 12.9. The number of pyridine rings is 1. The lowest BCUT2D eigenvalue weighted by Crippen LogP contribution is -2.00. The Hall–Kier alpha value is -1.67. The number of nitrogens with zero attached hydrogens (tertiary/aromatic N) is 1. The van der Waals surface area contributed by atoms with Crippen molar-refractivity contribution in [2.75, 3.05) is 0 Å². The van der Waals surface area contributed by atoms with Crippen molar-refractivity contribution in [2.45, 2.75) is 46.1 Å². The van der Waals surface area contributed by atoms with Gasteiger partial charge in [0.05, 0.1) is 0 Å². The second-order valence-corrected chi connectivity index (χ2v) is 5.94. The van der Waals surface area contributed by atoms with Gasteiger partial charge < -0.3 is 5.73 Å². The van der Waals surface area contributed by atoms with Gasteiger partial charge in [0, 0.05) is 24.5 Å². The predicted molar refractivity (Wildman–Crippen MR) is 85.7 cm³/mol. The number of nitrogens with two attached hydrogens (primary N) is 1. The summed E-state index contributed by atoms with van der Waals surface area (Å²) < 4.78 is 0. The molecule has 2 nitrogen and oxygen atoms in total. The van der Waals surface area contributed by atoms with Crippen LogP contribution >= 0.6 is 0 Å². The molecule has 1 aromatic heterocycles. The van der Waals surface area contributed by atoms with E-state index in [1.54, 1.807) is 0 Å². The summed E-state index contributed by atoms with van der Waals surface area (Å²) in [7, 11) is 0. The van der Waals surface area contributed by atoms with Gasteiger partial charge in [0.2, 0.25) is 0 Å². The Balaban J connectivity index is 2.55. The molecule has 2 heteroatoms. The van der Waals surface area contributed by atoms with Gasteiger partial charge in [-0.25, -0.2) is 0 Å². The van der Waals surface area contributed by atoms with Crippen LogP contribution in [0.5, 0.6) is 0 Å². The summed E-state index contributed by atoms with van der Waals surface area (Å²) >= 11 is 0. The normalized spacial score (nSPS) is 11.3. The summed E-state index contributed by atoms with van der Waals surface area (Å²) in [5.41, 5.74) is 12.0. The van der Waals surface area contributed by atoms with Gasteiger partial charge in [0.15, 0.2) is 0 Å². The summed E-state index contributed by atoms with van der Waals surface area (Å²) in [6.07, 6.45) is 3.76. The number of rotatable bonds is 4. The molecule has 2 rings (SSSR count). The second kappa shape index (κ2) is 6.19. The van der Waals surface area contributed by atoms with Crippen LogP contribution in [0.15, 0.2) is 36.7 Å². The predicted octanol–water partition coefficient (Wildman–Crippen LogP) is 4.45. The zero-order valence-corrected chi connectivity index (χ0v) is 12.9. The van der Waals surface area contributed by atoms with Gasteiger partial charge in [-0.05, 0) is 40.2 Å². The molecule has 0 aliphatic heterocycles. The molecule has 0 unspecified atom stereocenters. The van der Waals surface area contributed by atoms with Crippen molar-refractivity contribution < 1.29 is 0 Å². The van der Waals surface area contributed by atoms with Crippen LogP contribution in [0.1, 0.15) is 56.2 Å². The van der Waals surface area contributed by atoms with E-state index >= 15 is 0 Å². The molecular weight excluding hydrogens is 244 g/mol. The van der Waals surface area contributed by atoms with Gasteiger partial charge in [-0.15, -0.1) is 0 Å². The maximum atomic E-state index is 5.72. The molecular formula is C18H24N2. The quantitative estimate of drug-likeness (QED) is 0.889. The molecule has 1 heterocycles. The van der Waals surface area contributed by atoms with E-state index in [1.807, 2.05) is 12.4 Å². The first-order chi connectivity index (χ1) is 9.52. The average Bonchev–Trinajstić information content (AvgIpc) is 2.46. The van der Waals surface area contributed by atoms with Crippen LogP contribution in [0.4, 0.5) is 0 Å². The molecule has 0 saturated carbocycles. The average molecular weight is 268 g/mol. The van der Waals surface area contributed by atoms with E-state index in [1.165, 1.54) is 16.7 Å². The Morgan fingerprint density at radius 3 is 2.35 bits per heavy atom. The highest BCUT2D eigenvalue weighted by Crippen LogP contribution is 2.32. The second-order valence-electron chi connectivity index (χ2n) is 5.94. The largest absolute Gasteiger partial charge is 0.326 e. The van der Waals surface area contributed by atoms with Crippen LogP contribution in [0.2, 0.25) is 0 Å². The summed E-state index contributed by atoms with van der Waals surface area (Å²) in [5, 5.41) is 0. The zero-order chi connectivity index (χ0) is 14.7. The highest BCUT2D eigenvalue weighted by Gasteiger charge is 2.11. The van der Waals surface area contributed by atoms with Crippen LogP contribution < -0.4 is 5.73 Å². The molecule has 2 aromatic rings. The molecule has 1 aromatic carbocycles. The van der Waals surface area contributed by atoms with Crippen molar-refractivity contribution >= 4 is 0 Å². The Morgan fingerprint density at radius 2 is 1.75 bits per heavy atom. The summed E-state index contributed by atoms with van der Waals surface area (Å²) in [6.45, 7) is 9.47. The van der Waals surface area contributed by atoms with E-state index in [-0.39, 0.29) is 0 Å². The number of hydrogen-bond acceptors (Lipinski definition) is 2. The first-order valence-corrected chi connectivity index (χ1v) is 7.31. The van der Waals surface area contributed by atoms with Gasteiger partial charge in [0.25, 0.3) is 0 Å². The fraction of sp³-hybridized carbons (Fsp3) is 0.389. The number of benzene rings is 1. The van der Waals surface area contributed by atoms with Crippen LogP contribution in [0.3, 0.4) is 0 Å². The highest BCUT2D eigenvalue weighted by atomic mass is 14.6. The molecule has 0 bridgehead atoms. The molecule has 0 amide bonds. The van der Waals surface area contributed by atoms with Gasteiger partial charge in [-0.2, -0.15) is 0 Å². The molecule has 20 heavy (non-hydrogen) atoms. The van der Waals surface area contributed by atoms with Crippen molar-refractivity contribution in [3.63, 3.8) is 0 Å². The van der Waals surface area contributed by atoms with Crippen LogP contribution in [-0.4, -0.2) is 4.98 Å². The first kappa shape index (κ1) is 14.7. The molecule has 0 radical (unpaired) electrons. The van der Waals surface area contributed by atoms with Gasteiger partial charge >= 0.3 is 0 Å². The molecule has 0 aliphatic rings. The third kappa shape index (κ3) is 3.07. The van der Waals surface area contributed by atoms with Crippen LogP contribution in [0.25, 0.3) is 11.1 Å². The van der Waals surface area contributed by atoms with Crippen LogP contribution in [0, 0.1) is 0 Å². The van der Waals surface area contributed by atoms with Gasteiger partial charge in [-0.3, -0.25) is 4.98 Å². The highest BCUT2D eigenvalue weighted by molar-refractivity contribution is 5.68. The lowest BCUT2D eigenvalue weighted by atomic mass is 9.89. The fourth-order valence-electron chi connectivity index (χ4n) is 2.43. The molecule has 106 valence electrons. The minimum atomic E-state index is 0.491. The van der Waals surface area contributed by atoms with E-state index in [0.29, 0.717) is 18.4 Å². The summed E-state index contributed by atoms with van der Waals surface area (Å²) in [6, 6.07) is 8.92. The molecule has 0 atom stereocenters. The summed E-state index contributed by atoms with van der Waals surface area (Å²) in [5.74, 6) is 1.04. The molecule has 0 aliphatic carbocycles. The van der Waals surface area contributed by atoms with Gasteiger partial charge in [0.1, 0.15) is 0 Å². The van der Waals surface area contributed by atoms with Crippen molar-refractivity contribution in [3.8, 4) is 11.1 Å². The standard InChI is InChI=1S/C18H24N2/c1-12(2)15-5-6-17(18(8-15)13(3)4)16-7-14(9-19)10-20-11-16/h5-8,10-13H,9,19H2,1-4H3. The number of aromatic nitrogens is 1. The molecule has 0 spiro atoms. The van der Waals surface area contributed by atoms with Crippen molar-refractivity contribution in [3.05, 3.63) is 53.3 Å². The smallest absolute Gasteiger partial charge is 0.0346 e. The van der Waals surface area contributed by atoms with Gasteiger partial charge in [-0.1, -0.05) is 45.9 Å². The summed E-state index contributed by atoms with van der Waals surface area (Å²) in [4.78, 5) is 4.31. The van der Waals surface area contributed by atoms with Crippen LogP contribution in [-0.2, 0) is 6.54 Å². The van der Waals surface area contributed by atoms with E-state index < -0.39 is 0 Å². The topological polar surface area (TPSA) is 38.9 Å². The molecule has 0 saturated heterocycles. The number of hydrogen-bond donors (Lipinski definition) is 1. The Bertz CT molecular complexity index is 586. The lowest BCUT2D eigenvalue weighted by molar-refractivity contribution is 0.835. The monoisotopic (exact) mass is 268 g/mol. The minimum Gasteiger partial charge on any atom is -0.326 e. The Morgan fingerprint density at radius 1 is 1.00 bits per heavy atom. The van der Waals surface area contributed by atoms with Crippen molar-refractivity contribution in [1.29, 1.82) is 0 Å². The van der Waals surface area contributed by atoms with Crippen molar-refractivity contribution in [2.24, 2.45) is 5.73 Å². The Labute approximate surface area is 122 Å². The minimum absolute atomic E-state index is 0.491. The first-order valence-electron chi connectivity index (χ1n) is 7.31. The van der Waals surface area contributed by atoms with E-state index in [0.717, 1.165) is 11.1 Å². The van der Waals surface area contributed by atoms with Crippen molar-refractivity contribution in [1.82, 2.24) is 4.98 Å². The maximum Gasteiger partial charge on any atom is 0.0346 e. The van der Waals surface area contributed by atoms with E-state index in [9.17, 15) is 0 Å². The molecule has 0 fully saturated rings. The Kier molecular flexibility index (Phi) is 4.56. The fourth-order valence-corrected chi connectivity index (χ4v) is 2.43. The maximum absolute atomic E-state index is 5.72. The third-order valence-electron chi connectivity index (χ3n) is 3.71. The molecule has 2 N–H and O–H groups in total. The van der Waals surface area contributed by atoms with E-state index in [4.69, 9.17) is 5.73 Å².